The molecule has 1 N–H and O–H groups in total. The van der Waals surface area contributed by atoms with Gasteiger partial charge in [-0.2, -0.15) is 0 Å². The zero-order chi connectivity index (χ0) is 9.68. The van der Waals surface area contributed by atoms with Gasteiger partial charge in [0.05, 0.1) is 6.10 Å². The summed E-state index contributed by atoms with van der Waals surface area (Å²) >= 11 is 5.40. The van der Waals surface area contributed by atoms with Crippen LogP contribution in [0.25, 0.3) is 0 Å². The Morgan fingerprint density at radius 2 is 2.00 bits per heavy atom. The molecule has 0 spiro atoms. The molecule has 0 radical (unpaired) electrons. The van der Waals surface area contributed by atoms with E-state index < -0.39 is 6.10 Å². The summed E-state index contributed by atoms with van der Waals surface area (Å²) in [5.41, 5.74) is 0. The van der Waals surface area contributed by atoms with Gasteiger partial charge in [-0.05, 0) is 46.9 Å². The van der Waals surface area contributed by atoms with Crippen LogP contribution in [0.1, 0.15) is 0 Å². The van der Waals surface area contributed by atoms with Gasteiger partial charge < -0.3 is 9.84 Å². The Hall–Kier alpha value is 0.190. The van der Waals surface area contributed by atoms with Crippen LogP contribution in [0.4, 0.5) is 0 Å². The van der Waals surface area contributed by atoms with Crippen LogP contribution in [0.2, 0.25) is 0 Å². The molecule has 0 heterocycles. The molecule has 1 rings (SSSR count). The highest BCUT2D eigenvalue weighted by molar-refractivity contribution is 14.1. The van der Waals surface area contributed by atoms with Crippen molar-refractivity contribution >= 4 is 38.5 Å². The molecule has 0 aliphatic carbocycles. The third kappa shape index (κ3) is 4.28. The average molecular weight is 357 g/mol. The Kier molecular flexibility index (Phi) is 5.05. The first-order valence-electron chi connectivity index (χ1n) is 3.85. The van der Waals surface area contributed by atoms with E-state index in [-0.39, 0.29) is 0 Å². The quantitative estimate of drug-likeness (QED) is 0.663. The first-order valence-corrected chi connectivity index (χ1v) is 6.05. The molecule has 0 saturated carbocycles. The molecule has 0 saturated heterocycles. The molecule has 0 aliphatic heterocycles. The number of hydrogen-bond acceptors (Lipinski definition) is 2. The number of benzene rings is 1. The smallest absolute Gasteiger partial charge is 0.119 e. The van der Waals surface area contributed by atoms with Crippen molar-refractivity contribution in [3.05, 3.63) is 27.8 Å². The molecule has 0 bridgehead atoms. The highest BCUT2D eigenvalue weighted by atomic mass is 127. The molecule has 0 aromatic heterocycles. The van der Waals surface area contributed by atoms with Crippen LogP contribution < -0.4 is 4.74 Å². The number of aliphatic hydroxyl groups is 1. The SMILES string of the molecule is OC(CBr)COc1ccc(I)cc1. The molecule has 1 aromatic carbocycles. The molecule has 0 aliphatic rings. The maximum Gasteiger partial charge on any atom is 0.119 e. The lowest BCUT2D eigenvalue weighted by molar-refractivity contribution is 0.127. The third-order valence-corrected chi connectivity index (χ3v) is 2.90. The van der Waals surface area contributed by atoms with Crippen LogP contribution >= 0.6 is 38.5 Å². The monoisotopic (exact) mass is 356 g/mol. The fourth-order valence-corrected chi connectivity index (χ4v) is 1.31. The van der Waals surface area contributed by atoms with Gasteiger partial charge in [0.15, 0.2) is 0 Å². The van der Waals surface area contributed by atoms with Gasteiger partial charge in [-0.25, -0.2) is 0 Å². The minimum Gasteiger partial charge on any atom is -0.491 e. The van der Waals surface area contributed by atoms with Crippen molar-refractivity contribution in [1.82, 2.24) is 0 Å². The number of ether oxygens (including phenoxy) is 1. The molecule has 1 atom stereocenters. The fraction of sp³-hybridized carbons (Fsp3) is 0.333. The molecule has 13 heavy (non-hydrogen) atoms. The number of hydrogen-bond donors (Lipinski definition) is 1. The van der Waals surface area contributed by atoms with Crippen molar-refractivity contribution in [2.75, 3.05) is 11.9 Å². The second-order valence-electron chi connectivity index (χ2n) is 2.57. The fourth-order valence-electron chi connectivity index (χ4n) is 0.768. The largest absolute Gasteiger partial charge is 0.491 e. The summed E-state index contributed by atoms with van der Waals surface area (Å²) in [5, 5.41) is 9.74. The highest BCUT2D eigenvalue weighted by Gasteiger charge is 2.01. The maximum absolute atomic E-state index is 9.20. The van der Waals surface area contributed by atoms with Crippen LogP contribution in [0.15, 0.2) is 24.3 Å². The molecular weight excluding hydrogens is 347 g/mol. The summed E-state index contributed by atoms with van der Waals surface area (Å²) in [5.74, 6) is 0.792. The zero-order valence-corrected chi connectivity index (χ0v) is 10.7. The predicted octanol–water partition coefficient (Wildman–Crippen LogP) is 2.43. The molecule has 1 unspecified atom stereocenters. The summed E-state index contributed by atoms with van der Waals surface area (Å²) in [6.07, 6.45) is -0.445. The van der Waals surface area contributed by atoms with E-state index in [1.54, 1.807) is 0 Å². The summed E-state index contributed by atoms with van der Waals surface area (Å²) < 4.78 is 6.50. The molecular formula is C9H10BrIO2. The van der Waals surface area contributed by atoms with Gasteiger partial charge in [-0.15, -0.1) is 0 Å². The van der Waals surface area contributed by atoms with Crippen LogP contribution in [0.3, 0.4) is 0 Å². The maximum atomic E-state index is 9.20. The van der Waals surface area contributed by atoms with Crippen molar-refractivity contribution < 1.29 is 9.84 Å². The van der Waals surface area contributed by atoms with Crippen molar-refractivity contribution in [3.63, 3.8) is 0 Å². The topological polar surface area (TPSA) is 29.5 Å². The normalized spacial score (nSPS) is 12.5. The number of alkyl halides is 1. The van der Waals surface area contributed by atoms with Gasteiger partial charge in [0.2, 0.25) is 0 Å². The molecule has 1 aromatic rings. The molecule has 2 nitrogen and oxygen atoms in total. The molecule has 72 valence electrons. The van der Waals surface area contributed by atoms with Crippen molar-refractivity contribution in [2.24, 2.45) is 0 Å². The molecule has 4 heteroatoms. The summed E-state index contributed by atoms with van der Waals surface area (Å²) in [7, 11) is 0. The van der Waals surface area contributed by atoms with E-state index in [0.717, 1.165) is 5.75 Å². The first-order chi connectivity index (χ1) is 6.22. The Balaban J connectivity index is 2.41. The van der Waals surface area contributed by atoms with Gasteiger partial charge in [0, 0.05) is 8.90 Å². The second-order valence-corrected chi connectivity index (χ2v) is 4.47. The number of halogens is 2. The number of aliphatic hydroxyl groups excluding tert-OH is 1. The van der Waals surface area contributed by atoms with E-state index in [1.807, 2.05) is 24.3 Å². The van der Waals surface area contributed by atoms with Crippen LogP contribution in [-0.2, 0) is 0 Å². The Labute approximate surface area is 99.6 Å². The number of rotatable bonds is 4. The van der Waals surface area contributed by atoms with Crippen molar-refractivity contribution in [1.29, 1.82) is 0 Å². The van der Waals surface area contributed by atoms with E-state index in [9.17, 15) is 5.11 Å². The van der Waals surface area contributed by atoms with Gasteiger partial charge in [0.1, 0.15) is 12.4 Å². The minimum absolute atomic E-state index is 0.325. The third-order valence-electron chi connectivity index (χ3n) is 1.43. The van der Waals surface area contributed by atoms with Crippen molar-refractivity contribution in [2.45, 2.75) is 6.10 Å². The van der Waals surface area contributed by atoms with E-state index in [2.05, 4.69) is 38.5 Å². The van der Waals surface area contributed by atoms with Gasteiger partial charge in [-0.3, -0.25) is 0 Å². The summed E-state index contributed by atoms with van der Waals surface area (Å²) in [6.45, 7) is 0.325. The standard InChI is InChI=1S/C9H10BrIO2/c10-5-8(12)6-13-9-3-1-7(11)2-4-9/h1-4,8,12H,5-6H2. The molecule has 0 fully saturated rings. The highest BCUT2D eigenvalue weighted by Crippen LogP contribution is 2.13. The predicted molar refractivity (Wildman–Crippen MR) is 64.5 cm³/mol. The second kappa shape index (κ2) is 5.82. The Bertz CT molecular complexity index is 250. The Morgan fingerprint density at radius 3 is 2.54 bits per heavy atom. The lowest BCUT2D eigenvalue weighted by Gasteiger charge is -2.09. The zero-order valence-electron chi connectivity index (χ0n) is 6.91. The molecule has 0 amide bonds. The average Bonchev–Trinajstić information content (AvgIpc) is 2.16. The van der Waals surface area contributed by atoms with E-state index in [1.165, 1.54) is 3.57 Å². The van der Waals surface area contributed by atoms with Crippen LogP contribution in [0.5, 0.6) is 5.75 Å². The lowest BCUT2D eigenvalue weighted by Crippen LogP contribution is -2.18. The van der Waals surface area contributed by atoms with E-state index >= 15 is 0 Å². The van der Waals surface area contributed by atoms with Gasteiger partial charge in [-0.1, -0.05) is 15.9 Å². The lowest BCUT2D eigenvalue weighted by atomic mass is 10.3. The van der Waals surface area contributed by atoms with Crippen LogP contribution in [0, 0.1) is 3.57 Å². The first kappa shape index (κ1) is 11.3. The van der Waals surface area contributed by atoms with Gasteiger partial charge in [0.25, 0.3) is 0 Å². The van der Waals surface area contributed by atoms with Gasteiger partial charge >= 0.3 is 0 Å². The van der Waals surface area contributed by atoms with Crippen LogP contribution in [-0.4, -0.2) is 23.1 Å². The van der Waals surface area contributed by atoms with E-state index in [4.69, 9.17) is 4.74 Å². The minimum atomic E-state index is -0.445. The van der Waals surface area contributed by atoms with Crippen molar-refractivity contribution in [3.8, 4) is 5.75 Å². The van der Waals surface area contributed by atoms with E-state index in [0.29, 0.717) is 11.9 Å². The summed E-state index contributed by atoms with van der Waals surface area (Å²) in [6, 6.07) is 7.72. The Morgan fingerprint density at radius 1 is 1.38 bits per heavy atom. The summed E-state index contributed by atoms with van der Waals surface area (Å²) in [4.78, 5) is 0.